The zero-order valence-electron chi connectivity index (χ0n) is 19.6. The Hall–Kier alpha value is -2.51. The maximum atomic E-state index is 13.3. The molecular weight excluding hydrogens is 542 g/mol. The predicted molar refractivity (Wildman–Crippen MR) is 142 cm³/mol. The molecule has 0 bridgehead atoms. The second-order valence-corrected chi connectivity index (χ2v) is 13.3. The number of nitrogens with zero attached hydrogens (tertiary/aromatic N) is 4. The van der Waals surface area contributed by atoms with Gasteiger partial charge in [-0.2, -0.15) is 14.1 Å². The lowest BCUT2D eigenvalue weighted by Gasteiger charge is -2.30. The van der Waals surface area contributed by atoms with Gasteiger partial charge < -0.3 is 10.1 Å². The number of benzene rings is 1. The molecule has 0 spiro atoms. The fourth-order valence-corrected chi connectivity index (χ4v) is 8.28. The lowest BCUT2D eigenvalue weighted by molar-refractivity contribution is -0.120. The smallest absolute Gasteiger partial charge is 0.252 e. The fraction of sp³-hybridized carbons (Fsp3) is 0.348. The number of amides is 1. The second kappa shape index (κ2) is 10.1. The van der Waals surface area contributed by atoms with Crippen LogP contribution in [0.1, 0.15) is 25.5 Å². The molecule has 1 atom stereocenters. The number of thiazole rings is 1. The first-order chi connectivity index (χ1) is 17.3. The van der Waals surface area contributed by atoms with Gasteiger partial charge in [-0.1, -0.05) is 29.0 Å². The van der Waals surface area contributed by atoms with Crippen molar-refractivity contribution in [3.05, 3.63) is 46.4 Å². The minimum Gasteiger partial charge on any atom is -0.492 e. The summed E-state index contributed by atoms with van der Waals surface area (Å²) >= 11 is 8.41. The number of sulfonamides is 1. The summed E-state index contributed by atoms with van der Waals surface area (Å²) < 4.78 is 36.3. The molecule has 1 fully saturated rings. The zero-order valence-corrected chi connectivity index (χ0v) is 22.8. The van der Waals surface area contributed by atoms with E-state index in [1.54, 1.807) is 16.8 Å². The van der Waals surface area contributed by atoms with Crippen molar-refractivity contribution in [2.75, 3.05) is 25.0 Å². The van der Waals surface area contributed by atoms with Gasteiger partial charge in [0.1, 0.15) is 21.3 Å². The van der Waals surface area contributed by atoms with Gasteiger partial charge in [0.25, 0.3) is 10.0 Å². The number of aryl methyl sites for hydroxylation is 1. The van der Waals surface area contributed by atoms with E-state index in [4.69, 9.17) is 21.3 Å². The van der Waals surface area contributed by atoms with E-state index in [-0.39, 0.29) is 16.7 Å². The van der Waals surface area contributed by atoms with Gasteiger partial charge >= 0.3 is 0 Å². The highest BCUT2D eigenvalue weighted by molar-refractivity contribution is 7.91. The lowest BCUT2D eigenvalue weighted by Crippen LogP contribution is -2.43. The summed E-state index contributed by atoms with van der Waals surface area (Å²) in [6.45, 7) is 4.76. The molecule has 9 nitrogen and oxygen atoms in total. The van der Waals surface area contributed by atoms with E-state index >= 15 is 0 Å². The minimum atomic E-state index is -3.70. The van der Waals surface area contributed by atoms with Gasteiger partial charge in [0.15, 0.2) is 0 Å². The van der Waals surface area contributed by atoms with Gasteiger partial charge in [-0.05, 0) is 51.0 Å². The van der Waals surface area contributed by atoms with Crippen LogP contribution in [0.25, 0.3) is 15.3 Å². The van der Waals surface area contributed by atoms with Gasteiger partial charge in [-0.3, -0.25) is 4.79 Å². The van der Waals surface area contributed by atoms with Crippen molar-refractivity contribution in [3.8, 4) is 10.9 Å². The van der Waals surface area contributed by atoms with Crippen LogP contribution in [0, 0.1) is 12.8 Å². The van der Waals surface area contributed by atoms with Gasteiger partial charge in [0.2, 0.25) is 11.0 Å². The molecule has 1 saturated heterocycles. The summed E-state index contributed by atoms with van der Waals surface area (Å²) in [5.41, 5.74) is 1.46. The molecule has 0 aliphatic carbocycles. The Morgan fingerprint density at radius 3 is 2.86 bits per heavy atom. The van der Waals surface area contributed by atoms with Crippen molar-refractivity contribution in [3.63, 3.8) is 0 Å². The maximum Gasteiger partial charge on any atom is 0.252 e. The number of hydrogen-bond acceptors (Lipinski definition) is 8. The molecule has 1 aliphatic heterocycles. The molecule has 1 N–H and O–H groups in total. The number of halogens is 1. The predicted octanol–water partition coefficient (Wildman–Crippen LogP) is 4.94. The number of piperidine rings is 1. The molecular formula is C23H24ClN5O4S3. The molecule has 1 unspecified atom stereocenters. The van der Waals surface area contributed by atoms with Crippen LogP contribution in [0.2, 0.25) is 4.34 Å². The van der Waals surface area contributed by atoms with Crippen LogP contribution in [0.5, 0.6) is 5.75 Å². The van der Waals surface area contributed by atoms with Crippen molar-refractivity contribution in [1.29, 1.82) is 0 Å². The van der Waals surface area contributed by atoms with Crippen LogP contribution in [0.15, 0.2) is 40.6 Å². The van der Waals surface area contributed by atoms with E-state index in [9.17, 15) is 13.2 Å². The van der Waals surface area contributed by atoms with Gasteiger partial charge in [0, 0.05) is 19.2 Å². The molecule has 3 aromatic heterocycles. The first kappa shape index (κ1) is 25.2. The average molecular weight is 566 g/mol. The Labute approximate surface area is 221 Å². The molecule has 190 valence electrons. The van der Waals surface area contributed by atoms with Crippen molar-refractivity contribution >= 4 is 66.2 Å². The fourth-order valence-electron chi connectivity index (χ4n) is 4.18. The highest BCUT2D eigenvalue weighted by Crippen LogP contribution is 2.34. The first-order valence-corrected chi connectivity index (χ1v) is 14.9. The van der Waals surface area contributed by atoms with Crippen LogP contribution < -0.4 is 10.1 Å². The monoisotopic (exact) mass is 565 g/mol. The van der Waals surface area contributed by atoms with Crippen LogP contribution in [0.4, 0.5) is 5.82 Å². The maximum absolute atomic E-state index is 13.3. The lowest BCUT2D eigenvalue weighted by atomic mass is 9.99. The highest BCUT2D eigenvalue weighted by atomic mass is 35.5. The third kappa shape index (κ3) is 4.88. The summed E-state index contributed by atoms with van der Waals surface area (Å²) in [5, 5.41) is 8.09. The number of rotatable bonds is 7. The zero-order chi connectivity index (χ0) is 25.4. The molecule has 1 aromatic carbocycles. The Morgan fingerprint density at radius 2 is 2.11 bits per heavy atom. The Kier molecular flexibility index (Phi) is 7.05. The molecule has 0 radical (unpaired) electrons. The molecule has 1 aliphatic rings. The van der Waals surface area contributed by atoms with E-state index in [0.29, 0.717) is 47.0 Å². The molecule has 36 heavy (non-hydrogen) atoms. The van der Waals surface area contributed by atoms with Crippen molar-refractivity contribution in [1.82, 2.24) is 19.1 Å². The molecule has 0 saturated carbocycles. The van der Waals surface area contributed by atoms with E-state index in [0.717, 1.165) is 27.2 Å². The number of carbonyl (C=O) groups excluding carboxylic acids is 1. The van der Waals surface area contributed by atoms with E-state index in [1.807, 2.05) is 32.0 Å². The van der Waals surface area contributed by atoms with Crippen molar-refractivity contribution in [2.45, 2.75) is 30.9 Å². The quantitative estimate of drug-likeness (QED) is 0.340. The van der Waals surface area contributed by atoms with Crippen LogP contribution in [-0.4, -0.2) is 53.1 Å². The number of carbonyl (C=O) groups is 1. The molecule has 4 aromatic rings. The standard InChI is InChI=1S/C23H24ClN5O4S3/c1-3-33-16-7-4-8-17-21(16)26-23(34-17)29-19(12-14(2)27-29)25-22(30)15-6-5-11-28(13-15)36(31,32)20-10-9-18(24)35-20/h4,7-10,12,15H,3,5-6,11,13H2,1-2H3,(H,25,30). The summed E-state index contributed by atoms with van der Waals surface area (Å²) in [6.07, 6.45) is 1.18. The summed E-state index contributed by atoms with van der Waals surface area (Å²) in [5.74, 6) is 0.436. The summed E-state index contributed by atoms with van der Waals surface area (Å²) in [4.78, 5) is 18.0. The van der Waals surface area contributed by atoms with Gasteiger partial charge in [0.05, 0.1) is 27.3 Å². The number of anilines is 1. The molecule has 1 amide bonds. The normalized spacial score (nSPS) is 16.9. The van der Waals surface area contributed by atoms with Crippen LogP contribution in [-0.2, 0) is 14.8 Å². The number of nitrogens with one attached hydrogen (secondary N) is 1. The number of thiophene rings is 1. The van der Waals surface area contributed by atoms with Gasteiger partial charge in [-0.15, -0.1) is 11.3 Å². The topological polar surface area (TPSA) is 106 Å². The van der Waals surface area contributed by atoms with Crippen molar-refractivity contribution < 1.29 is 17.9 Å². The third-order valence-corrected chi connectivity index (χ3v) is 10.4. The molecule has 5 rings (SSSR count). The highest BCUT2D eigenvalue weighted by Gasteiger charge is 2.34. The third-order valence-electron chi connectivity index (χ3n) is 5.83. The average Bonchev–Trinajstić information content (AvgIpc) is 3.58. The molecule has 4 heterocycles. The number of para-hydroxylation sites is 1. The number of ether oxygens (including phenoxy) is 1. The Bertz CT molecular complexity index is 1530. The Balaban J connectivity index is 1.37. The molecule has 13 heteroatoms. The van der Waals surface area contributed by atoms with Crippen LogP contribution >= 0.6 is 34.3 Å². The first-order valence-electron chi connectivity index (χ1n) is 11.4. The number of fused-ring (bicyclic) bond motifs is 1. The summed E-state index contributed by atoms with van der Waals surface area (Å²) in [7, 11) is -3.70. The largest absolute Gasteiger partial charge is 0.492 e. The minimum absolute atomic E-state index is 0.107. The van der Waals surface area contributed by atoms with Gasteiger partial charge in [-0.25, -0.2) is 13.4 Å². The van der Waals surface area contributed by atoms with Crippen LogP contribution in [0.3, 0.4) is 0 Å². The number of hydrogen-bond donors (Lipinski definition) is 1. The number of aromatic nitrogens is 3. The van der Waals surface area contributed by atoms with E-state index in [2.05, 4.69) is 10.4 Å². The van der Waals surface area contributed by atoms with Crippen molar-refractivity contribution in [2.24, 2.45) is 5.92 Å². The van der Waals surface area contributed by atoms with E-state index < -0.39 is 15.9 Å². The van der Waals surface area contributed by atoms with E-state index in [1.165, 1.54) is 21.7 Å². The second-order valence-electron chi connectivity index (χ2n) is 8.37. The Morgan fingerprint density at radius 1 is 1.28 bits per heavy atom. The summed E-state index contributed by atoms with van der Waals surface area (Å²) in [6, 6.07) is 10.6. The SMILES string of the molecule is CCOc1cccc2sc(-n3nc(C)cc3NC(=O)C3CCCN(S(=O)(=O)c4ccc(Cl)s4)C3)nc12.